The number of aryl methyl sites for hydroxylation is 2. The van der Waals surface area contributed by atoms with E-state index in [-0.39, 0.29) is 43.4 Å². The van der Waals surface area contributed by atoms with Crippen molar-refractivity contribution in [3.8, 4) is 11.5 Å². The largest absolute Gasteiger partial charge is 0.485 e. The molecule has 0 saturated carbocycles. The van der Waals surface area contributed by atoms with Crippen molar-refractivity contribution in [3.63, 3.8) is 0 Å². The van der Waals surface area contributed by atoms with Gasteiger partial charge in [0.15, 0.2) is 19.0 Å². The van der Waals surface area contributed by atoms with Crippen LogP contribution in [-0.2, 0) is 9.59 Å². The smallest absolute Gasteiger partial charge is 0.265 e. The van der Waals surface area contributed by atoms with Crippen molar-refractivity contribution in [2.45, 2.75) is 26.8 Å². The van der Waals surface area contributed by atoms with Gasteiger partial charge in [-0.1, -0.05) is 48.0 Å². The minimum atomic E-state index is -0.351. The van der Waals surface area contributed by atoms with Gasteiger partial charge in [-0.05, 0) is 56.2 Å². The molecule has 35 heavy (non-hydrogen) atoms. The second-order valence-electron chi connectivity index (χ2n) is 8.63. The van der Waals surface area contributed by atoms with E-state index in [1.807, 2.05) is 69.3 Å². The Morgan fingerprint density at radius 3 is 2.57 bits per heavy atom. The van der Waals surface area contributed by atoms with Gasteiger partial charge in [-0.25, -0.2) is 0 Å². The van der Waals surface area contributed by atoms with Gasteiger partial charge in [0.1, 0.15) is 18.0 Å². The minimum Gasteiger partial charge on any atom is -0.485 e. The summed E-state index contributed by atoms with van der Waals surface area (Å²) in [6.07, 6.45) is 0. The van der Waals surface area contributed by atoms with E-state index < -0.39 is 0 Å². The number of rotatable bonds is 8. The van der Waals surface area contributed by atoms with Crippen molar-refractivity contribution in [2.75, 3.05) is 24.7 Å². The normalized spacial score (nSPS) is 13.5. The van der Waals surface area contributed by atoms with Crippen LogP contribution in [0.2, 0.25) is 0 Å². The predicted octanol–water partition coefficient (Wildman–Crippen LogP) is 4.17. The highest BCUT2D eigenvalue weighted by molar-refractivity contribution is 6.04. The summed E-state index contributed by atoms with van der Waals surface area (Å²) in [5.41, 5.74) is 3.79. The van der Waals surface area contributed by atoms with Gasteiger partial charge in [-0.3, -0.25) is 19.3 Å². The van der Waals surface area contributed by atoms with Crippen LogP contribution in [0.25, 0.3) is 0 Å². The third-order valence-corrected chi connectivity index (χ3v) is 5.89. The Labute approximate surface area is 204 Å². The number of hydrogen-bond donors (Lipinski definition) is 1. The first-order valence-electron chi connectivity index (χ1n) is 11.5. The van der Waals surface area contributed by atoms with E-state index in [9.17, 15) is 14.4 Å². The Morgan fingerprint density at radius 1 is 1.06 bits per heavy atom. The average molecular weight is 473 g/mol. The van der Waals surface area contributed by atoms with Gasteiger partial charge >= 0.3 is 0 Å². The highest BCUT2D eigenvalue weighted by atomic mass is 16.5. The van der Waals surface area contributed by atoms with Gasteiger partial charge in [0.25, 0.3) is 5.91 Å². The number of nitrogens with one attached hydrogen (secondary N) is 1. The number of ketones is 1. The summed E-state index contributed by atoms with van der Waals surface area (Å²) in [5.74, 6) is 0.188. The zero-order valence-electron chi connectivity index (χ0n) is 20.0. The molecule has 4 rings (SSSR count). The summed E-state index contributed by atoms with van der Waals surface area (Å²) in [6, 6.07) is 20.0. The first kappa shape index (κ1) is 24.0. The molecule has 0 bridgehead atoms. The Bertz CT molecular complexity index is 1260. The van der Waals surface area contributed by atoms with Crippen LogP contribution in [-0.4, -0.2) is 37.4 Å². The summed E-state index contributed by atoms with van der Waals surface area (Å²) in [5, 5.41) is 2.92. The molecule has 1 unspecified atom stereocenters. The number of carbonyl (C=O) groups excluding carboxylic acids is 3. The van der Waals surface area contributed by atoms with E-state index in [0.29, 0.717) is 22.7 Å². The Hall–Kier alpha value is -4.13. The second-order valence-corrected chi connectivity index (χ2v) is 8.63. The second kappa shape index (κ2) is 10.4. The number of nitrogens with zero attached hydrogens (tertiary/aromatic N) is 1. The summed E-state index contributed by atoms with van der Waals surface area (Å²) in [4.78, 5) is 39.6. The van der Waals surface area contributed by atoms with Crippen LogP contribution in [0.3, 0.4) is 0 Å². The molecule has 7 heteroatoms. The lowest BCUT2D eigenvalue weighted by molar-refractivity contribution is -0.125. The van der Waals surface area contributed by atoms with Crippen LogP contribution >= 0.6 is 0 Å². The lowest BCUT2D eigenvalue weighted by Crippen LogP contribution is -2.45. The van der Waals surface area contributed by atoms with E-state index >= 15 is 0 Å². The maximum Gasteiger partial charge on any atom is 0.265 e. The van der Waals surface area contributed by atoms with E-state index in [4.69, 9.17) is 9.47 Å². The highest BCUT2D eigenvalue weighted by Crippen LogP contribution is 2.33. The summed E-state index contributed by atoms with van der Waals surface area (Å²) < 4.78 is 11.2. The molecule has 0 radical (unpaired) electrons. The third-order valence-electron chi connectivity index (χ3n) is 5.89. The summed E-state index contributed by atoms with van der Waals surface area (Å²) in [6.45, 7) is 5.31. The number of carbonyl (C=O) groups is 3. The molecule has 3 aromatic carbocycles. The number of amides is 2. The van der Waals surface area contributed by atoms with Gasteiger partial charge in [-0.15, -0.1) is 0 Å². The molecule has 0 aromatic heterocycles. The predicted molar refractivity (Wildman–Crippen MR) is 133 cm³/mol. The van der Waals surface area contributed by atoms with Crippen LogP contribution in [0.5, 0.6) is 11.5 Å². The molecule has 3 aromatic rings. The van der Waals surface area contributed by atoms with Crippen LogP contribution in [0.1, 0.15) is 40.0 Å². The number of ether oxygens (including phenoxy) is 2. The lowest BCUT2D eigenvalue weighted by atomic mass is 10.1. The molecule has 0 fully saturated rings. The molecular formula is C28H28N2O5. The fraction of sp³-hybridized carbons (Fsp3) is 0.250. The standard InChI is InChI=1S/C28H28N2O5/c1-18-9-11-25(19(2)13-18)34-16-24(31)22-10-12-26-23(14-22)30(28(33)17-35-26)15-27(32)29-20(3)21-7-5-4-6-8-21/h4-14,20H,15-17H2,1-3H3,(H,29,32). The van der Waals surface area contributed by atoms with Crippen molar-refractivity contribution < 1.29 is 23.9 Å². The van der Waals surface area contributed by atoms with Crippen molar-refractivity contribution in [2.24, 2.45) is 0 Å². The average Bonchev–Trinajstić information content (AvgIpc) is 2.85. The van der Waals surface area contributed by atoms with Crippen molar-refractivity contribution >= 4 is 23.3 Å². The first-order valence-corrected chi connectivity index (χ1v) is 11.5. The Balaban J connectivity index is 1.46. The van der Waals surface area contributed by atoms with Crippen molar-refractivity contribution in [3.05, 3.63) is 89.0 Å². The van der Waals surface area contributed by atoms with Gasteiger partial charge in [0, 0.05) is 5.56 Å². The fourth-order valence-corrected chi connectivity index (χ4v) is 3.99. The SMILES string of the molecule is Cc1ccc(OCC(=O)c2ccc3c(c2)N(CC(=O)NC(C)c2ccccc2)C(=O)CO3)c(C)c1. The zero-order valence-corrected chi connectivity index (χ0v) is 20.0. The molecule has 0 aliphatic carbocycles. The van der Waals surface area contributed by atoms with Crippen LogP contribution in [0.4, 0.5) is 5.69 Å². The van der Waals surface area contributed by atoms with Gasteiger partial charge in [0.05, 0.1) is 11.7 Å². The number of hydrogen-bond acceptors (Lipinski definition) is 5. The molecule has 0 spiro atoms. The molecule has 1 heterocycles. The Morgan fingerprint density at radius 2 is 1.83 bits per heavy atom. The van der Waals surface area contributed by atoms with Crippen LogP contribution in [0.15, 0.2) is 66.7 Å². The van der Waals surface area contributed by atoms with E-state index in [0.717, 1.165) is 16.7 Å². The van der Waals surface area contributed by atoms with Gasteiger partial charge < -0.3 is 14.8 Å². The van der Waals surface area contributed by atoms with E-state index in [2.05, 4.69) is 5.32 Å². The monoisotopic (exact) mass is 472 g/mol. The first-order chi connectivity index (χ1) is 16.8. The zero-order chi connectivity index (χ0) is 24.9. The summed E-state index contributed by atoms with van der Waals surface area (Å²) >= 11 is 0. The Kier molecular flexibility index (Phi) is 7.15. The molecule has 0 saturated heterocycles. The fourth-order valence-electron chi connectivity index (χ4n) is 3.99. The molecule has 1 atom stereocenters. The molecule has 1 aliphatic rings. The molecule has 180 valence electrons. The molecular weight excluding hydrogens is 444 g/mol. The van der Waals surface area contributed by atoms with Gasteiger partial charge in [0.2, 0.25) is 5.91 Å². The summed E-state index contributed by atoms with van der Waals surface area (Å²) in [7, 11) is 0. The lowest BCUT2D eigenvalue weighted by Gasteiger charge is -2.29. The maximum atomic E-state index is 12.8. The highest BCUT2D eigenvalue weighted by Gasteiger charge is 2.29. The van der Waals surface area contributed by atoms with Crippen LogP contribution < -0.4 is 19.7 Å². The van der Waals surface area contributed by atoms with Crippen LogP contribution in [0, 0.1) is 13.8 Å². The number of benzene rings is 3. The van der Waals surface area contributed by atoms with Crippen molar-refractivity contribution in [1.29, 1.82) is 0 Å². The molecule has 7 nitrogen and oxygen atoms in total. The number of Topliss-reactive ketones (excluding diaryl/α,β-unsaturated/α-hetero) is 1. The molecule has 2 amide bonds. The van der Waals surface area contributed by atoms with E-state index in [1.165, 1.54) is 4.90 Å². The molecule has 1 N–H and O–H groups in total. The maximum absolute atomic E-state index is 12.8. The number of fused-ring (bicyclic) bond motifs is 1. The minimum absolute atomic E-state index is 0.146. The number of anilines is 1. The van der Waals surface area contributed by atoms with E-state index in [1.54, 1.807) is 18.2 Å². The molecule has 1 aliphatic heterocycles. The van der Waals surface area contributed by atoms with Gasteiger partial charge in [-0.2, -0.15) is 0 Å². The van der Waals surface area contributed by atoms with Crippen molar-refractivity contribution in [1.82, 2.24) is 5.32 Å². The third kappa shape index (κ3) is 5.69. The quantitative estimate of drug-likeness (QED) is 0.498. The topological polar surface area (TPSA) is 84.9 Å².